The maximum atomic E-state index is 12.8. The lowest BCUT2D eigenvalue weighted by atomic mass is 9.95. The highest BCUT2D eigenvalue weighted by molar-refractivity contribution is 6.02. The monoisotopic (exact) mass is 616 g/mol. The summed E-state index contributed by atoms with van der Waals surface area (Å²) < 4.78 is 22.7. The van der Waals surface area contributed by atoms with Crippen LogP contribution in [0.2, 0.25) is 0 Å². The van der Waals surface area contributed by atoms with Crippen LogP contribution in [0.5, 0.6) is 23.0 Å². The number of phenolic OH excluding ortho intramolecular Hbond substituents is 2. The molecular formula is C33H44O11. The Balaban J connectivity index is 1.30. The van der Waals surface area contributed by atoms with Crippen molar-refractivity contribution in [3.05, 3.63) is 47.5 Å². The van der Waals surface area contributed by atoms with Crippen molar-refractivity contribution in [2.24, 2.45) is 0 Å². The number of hydrogen-bond donors (Lipinski definition) is 5. The van der Waals surface area contributed by atoms with E-state index in [0.717, 1.165) is 25.3 Å². The van der Waals surface area contributed by atoms with Gasteiger partial charge < -0.3 is 44.5 Å². The van der Waals surface area contributed by atoms with Crippen LogP contribution < -0.4 is 9.47 Å². The number of ether oxygens (including phenoxy) is 4. The minimum absolute atomic E-state index is 0.0234. The van der Waals surface area contributed by atoms with E-state index in [2.05, 4.69) is 6.92 Å². The third-order valence-corrected chi connectivity index (χ3v) is 8.05. The molecule has 0 unspecified atom stereocenters. The van der Waals surface area contributed by atoms with Crippen molar-refractivity contribution < 1.29 is 54.1 Å². The van der Waals surface area contributed by atoms with Crippen molar-refractivity contribution >= 4 is 11.8 Å². The third-order valence-electron chi connectivity index (χ3n) is 8.05. The molecule has 0 radical (unpaired) electrons. The molecule has 2 aliphatic rings. The predicted octanol–water partition coefficient (Wildman–Crippen LogP) is 4.45. The summed E-state index contributed by atoms with van der Waals surface area (Å²) in [7, 11) is 0. The normalized spacial score (nSPS) is 24.8. The van der Waals surface area contributed by atoms with E-state index in [1.807, 2.05) is 0 Å². The summed E-state index contributed by atoms with van der Waals surface area (Å²) >= 11 is 0. The van der Waals surface area contributed by atoms with E-state index in [1.54, 1.807) is 12.1 Å². The molecule has 2 aromatic rings. The maximum Gasteiger partial charge on any atom is 0.305 e. The van der Waals surface area contributed by atoms with Gasteiger partial charge in [0.15, 0.2) is 5.78 Å². The number of aliphatic hydroxyl groups is 3. The highest BCUT2D eigenvalue weighted by Gasteiger charge is 2.45. The number of Topliss-reactive ketones (excluding diaryl/α,β-unsaturated/α-hetero) is 1. The molecule has 242 valence electrons. The van der Waals surface area contributed by atoms with E-state index >= 15 is 0 Å². The van der Waals surface area contributed by atoms with Crippen molar-refractivity contribution in [1.82, 2.24) is 0 Å². The topological polar surface area (TPSA) is 172 Å². The van der Waals surface area contributed by atoms with Crippen LogP contribution in [0.3, 0.4) is 0 Å². The van der Waals surface area contributed by atoms with Gasteiger partial charge in [0, 0.05) is 18.6 Å². The second-order valence-electron chi connectivity index (χ2n) is 11.5. The average Bonchev–Trinajstić information content (AvgIpc) is 2.99. The minimum atomic E-state index is -1.68. The highest BCUT2D eigenvalue weighted by atomic mass is 16.7. The van der Waals surface area contributed by atoms with Gasteiger partial charge in [0.05, 0.1) is 6.42 Å². The molecule has 0 amide bonds. The van der Waals surface area contributed by atoms with Crippen LogP contribution in [-0.4, -0.2) is 74.6 Å². The van der Waals surface area contributed by atoms with Crippen LogP contribution in [0.1, 0.15) is 99.6 Å². The van der Waals surface area contributed by atoms with E-state index in [0.29, 0.717) is 12.0 Å². The van der Waals surface area contributed by atoms with Crippen LogP contribution in [0, 0.1) is 0 Å². The van der Waals surface area contributed by atoms with Gasteiger partial charge in [0.25, 0.3) is 0 Å². The largest absolute Gasteiger partial charge is 0.508 e. The number of unbranched alkanes of at least 4 members (excludes halogenated alkanes) is 8. The van der Waals surface area contributed by atoms with Gasteiger partial charge in [0.1, 0.15) is 65.7 Å². The van der Waals surface area contributed by atoms with Gasteiger partial charge >= 0.3 is 5.97 Å². The highest BCUT2D eigenvalue weighted by Crippen LogP contribution is 2.42. The molecule has 11 nitrogen and oxygen atoms in total. The van der Waals surface area contributed by atoms with Crippen molar-refractivity contribution in [1.29, 1.82) is 0 Å². The zero-order valence-electron chi connectivity index (χ0n) is 25.1. The van der Waals surface area contributed by atoms with Gasteiger partial charge in [0.2, 0.25) is 6.29 Å². The Morgan fingerprint density at radius 3 is 2.23 bits per heavy atom. The Hall–Kier alpha value is -3.38. The lowest BCUT2D eigenvalue weighted by Crippen LogP contribution is -2.60. The Bertz CT molecular complexity index is 1230. The molecule has 4 rings (SSSR count). The maximum absolute atomic E-state index is 12.8. The zero-order chi connectivity index (χ0) is 31.6. The molecule has 0 aliphatic carbocycles. The van der Waals surface area contributed by atoms with E-state index in [-0.39, 0.29) is 48.0 Å². The molecule has 0 aromatic heterocycles. The Morgan fingerprint density at radius 1 is 0.886 bits per heavy atom. The number of ketones is 1. The van der Waals surface area contributed by atoms with Gasteiger partial charge in [-0.1, -0.05) is 70.4 Å². The summed E-state index contributed by atoms with van der Waals surface area (Å²) in [5.41, 5.74) is 0.621. The van der Waals surface area contributed by atoms with Crippen molar-refractivity contribution in [2.75, 3.05) is 6.61 Å². The van der Waals surface area contributed by atoms with E-state index < -0.39 is 48.5 Å². The lowest BCUT2D eigenvalue weighted by Gasteiger charge is -2.40. The van der Waals surface area contributed by atoms with E-state index in [4.69, 9.17) is 18.9 Å². The van der Waals surface area contributed by atoms with Crippen LogP contribution >= 0.6 is 0 Å². The number of carbonyl (C=O) groups is 2. The number of fused-ring (bicyclic) bond motifs is 1. The predicted molar refractivity (Wildman–Crippen MR) is 159 cm³/mol. The summed E-state index contributed by atoms with van der Waals surface area (Å²) in [4.78, 5) is 25.1. The molecule has 44 heavy (non-hydrogen) atoms. The fraction of sp³-hybridized carbons (Fsp3) is 0.576. The minimum Gasteiger partial charge on any atom is -0.508 e. The van der Waals surface area contributed by atoms with Crippen LogP contribution in [0.15, 0.2) is 36.4 Å². The number of rotatable bonds is 15. The second-order valence-corrected chi connectivity index (χ2v) is 11.5. The summed E-state index contributed by atoms with van der Waals surface area (Å²) in [5.74, 6) is -1.14. The molecule has 0 spiro atoms. The fourth-order valence-electron chi connectivity index (χ4n) is 5.47. The Labute approximate surface area is 257 Å². The quantitative estimate of drug-likeness (QED) is 0.141. The van der Waals surface area contributed by atoms with E-state index in [1.165, 1.54) is 50.3 Å². The first-order chi connectivity index (χ1) is 21.2. The fourth-order valence-corrected chi connectivity index (χ4v) is 5.47. The molecule has 1 fully saturated rings. The summed E-state index contributed by atoms with van der Waals surface area (Å²) in [6.07, 6.45) is 1.96. The molecular weight excluding hydrogens is 572 g/mol. The standard InChI is InChI=1S/C33H44O11/c1-2-3-4-5-6-7-8-9-10-11-28(37)41-19-27-30(38)31(39)32(40)33(44-27)42-22-16-23(35)29-24(36)18-25(43-26(29)17-22)20-12-14-21(34)15-13-20/h12-17,25,27,30-35,38-40H,2-11,18-19H2,1H3/t25-,27+,30+,31-,32+,33+/m0/s1. The average molecular weight is 617 g/mol. The smallest absolute Gasteiger partial charge is 0.305 e. The molecule has 5 N–H and O–H groups in total. The zero-order valence-corrected chi connectivity index (χ0v) is 25.1. The van der Waals surface area contributed by atoms with Crippen molar-refractivity contribution in [3.8, 4) is 23.0 Å². The molecule has 0 bridgehead atoms. The van der Waals surface area contributed by atoms with Crippen molar-refractivity contribution in [3.63, 3.8) is 0 Å². The van der Waals surface area contributed by atoms with Gasteiger partial charge in [-0.25, -0.2) is 0 Å². The Morgan fingerprint density at radius 2 is 1.55 bits per heavy atom. The molecule has 0 saturated carbocycles. The number of phenols is 2. The summed E-state index contributed by atoms with van der Waals surface area (Å²) in [6, 6.07) is 8.72. The molecule has 11 heteroatoms. The first kappa shape index (κ1) is 33.5. The SMILES string of the molecule is CCCCCCCCCCCC(=O)OC[C@H]1O[C@@H](Oc2cc(O)c3c(c2)O[C@H](c2ccc(O)cc2)CC3=O)[C@H](O)[C@@H](O)[C@@H]1O. The molecule has 6 atom stereocenters. The van der Waals surface area contributed by atoms with E-state index in [9.17, 15) is 35.1 Å². The van der Waals surface area contributed by atoms with Crippen molar-refractivity contribution in [2.45, 2.75) is 114 Å². The number of carbonyl (C=O) groups excluding carboxylic acids is 2. The number of hydrogen-bond acceptors (Lipinski definition) is 11. The molecule has 2 heterocycles. The number of aromatic hydroxyl groups is 2. The van der Waals surface area contributed by atoms with Crippen LogP contribution in [0.4, 0.5) is 0 Å². The third kappa shape index (κ3) is 8.84. The Kier molecular flexibility index (Phi) is 12.2. The number of benzene rings is 2. The first-order valence-corrected chi connectivity index (χ1v) is 15.6. The van der Waals surface area contributed by atoms with Crippen LogP contribution in [-0.2, 0) is 14.3 Å². The molecule has 2 aliphatic heterocycles. The number of esters is 1. The first-order valence-electron chi connectivity index (χ1n) is 15.6. The summed E-state index contributed by atoms with van der Waals surface area (Å²) in [6.45, 7) is 1.83. The molecule has 1 saturated heterocycles. The second kappa shape index (κ2) is 16.1. The lowest BCUT2D eigenvalue weighted by molar-refractivity contribution is -0.278. The van der Waals surface area contributed by atoms with Gasteiger partial charge in [-0.05, 0) is 24.1 Å². The van der Waals surface area contributed by atoms with Gasteiger partial charge in [-0.15, -0.1) is 0 Å². The molecule has 2 aromatic carbocycles. The van der Waals surface area contributed by atoms with Crippen LogP contribution in [0.25, 0.3) is 0 Å². The summed E-state index contributed by atoms with van der Waals surface area (Å²) in [5, 5.41) is 51.6. The van der Waals surface area contributed by atoms with Gasteiger partial charge in [-0.2, -0.15) is 0 Å². The van der Waals surface area contributed by atoms with Gasteiger partial charge in [-0.3, -0.25) is 9.59 Å². The number of aliphatic hydroxyl groups excluding tert-OH is 3.